The van der Waals surface area contributed by atoms with Crippen LogP contribution in [0.2, 0.25) is 0 Å². The molecule has 1 aliphatic rings. The lowest BCUT2D eigenvalue weighted by molar-refractivity contribution is -0.129. The first-order valence-corrected chi connectivity index (χ1v) is 10.3. The van der Waals surface area contributed by atoms with Crippen LogP contribution in [0.1, 0.15) is 56.3 Å². The minimum atomic E-state index is -0.404. The van der Waals surface area contributed by atoms with Crippen LogP contribution in [0.3, 0.4) is 0 Å². The van der Waals surface area contributed by atoms with Crippen molar-refractivity contribution in [3.8, 4) is 5.75 Å². The van der Waals surface area contributed by atoms with E-state index in [1.165, 1.54) is 0 Å². The summed E-state index contributed by atoms with van der Waals surface area (Å²) in [6, 6.07) is 17.2. The predicted molar refractivity (Wildman–Crippen MR) is 113 cm³/mol. The molecule has 1 N–H and O–H groups in total. The van der Waals surface area contributed by atoms with Gasteiger partial charge in [0.15, 0.2) is 0 Å². The molecule has 1 saturated heterocycles. The first-order valence-electron chi connectivity index (χ1n) is 10.3. The highest BCUT2D eigenvalue weighted by molar-refractivity contribution is 5.90. The van der Waals surface area contributed by atoms with Gasteiger partial charge in [0, 0.05) is 13.0 Å². The molecule has 0 aliphatic carbocycles. The van der Waals surface area contributed by atoms with Gasteiger partial charge in [-0.05, 0) is 36.6 Å². The van der Waals surface area contributed by atoms with E-state index in [2.05, 4.69) is 12.2 Å². The number of benzene rings is 2. The van der Waals surface area contributed by atoms with Gasteiger partial charge in [-0.1, -0.05) is 55.8 Å². The summed E-state index contributed by atoms with van der Waals surface area (Å²) >= 11 is 0. The molecule has 5 heteroatoms. The summed E-state index contributed by atoms with van der Waals surface area (Å²) in [6.45, 7) is 4.75. The number of likely N-dealkylation sites (tertiary alicyclic amines) is 1. The quantitative estimate of drug-likeness (QED) is 0.728. The van der Waals surface area contributed by atoms with Gasteiger partial charge in [-0.25, -0.2) is 0 Å². The van der Waals surface area contributed by atoms with Gasteiger partial charge in [0.2, 0.25) is 11.8 Å². The molecule has 2 amide bonds. The van der Waals surface area contributed by atoms with Crippen molar-refractivity contribution in [3.63, 3.8) is 0 Å². The molecule has 0 radical (unpaired) electrons. The summed E-state index contributed by atoms with van der Waals surface area (Å²) in [6.07, 6.45) is 2.17. The molecule has 29 heavy (non-hydrogen) atoms. The molecule has 0 aromatic heterocycles. The summed E-state index contributed by atoms with van der Waals surface area (Å²) in [4.78, 5) is 27.8. The van der Waals surface area contributed by atoms with E-state index in [4.69, 9.17) is 4.74 Å². The number of nitrogens with one attached hydrogen (secondary N) is 1. The molecule has 1 fully saturated rings. The second-order valence-electron chi connectivity index (χ2n) is 7.61. The summed E-state index contributed by atoms with van der Waals surface area (Å²) in [7, 11) is 1.63. The third-order valence-corrected chi connectivity index (χ3v) is 5.64. The van der Waals surface area contributed by atoms with Gasteiger partial charge < -0.3 is 15.0 Å². The zero-order chi connectivity index (χ0) is 20.8. The number of unbranched alkanes of at least 4 members (excludes halogenated alkanes) is 1. The van der Waals surface area contributed by atoms with Crippen LogP contribution in [-0.2, 0) is 9.59 Å². The summed E-state index contributed by atoms with van der Waals surface area (Å²) < 4.78 is 5.26. The maximum atomic E-state index is 13.2. The van der Waals surface area contributed by atoms with Crippen LogP contribution in [0.5, 0.6) is 5.75 Å². The third kappa shape index (κ3) is 4.78. The lowest BCUT2D eigenvalue weighted by Gasteiger charge is -2.29. The molecule has 1 aliphatic heterocycles. The van der Waals surface area contributed by atoms with Crippen LogP contribution in [0, 0.1) is 5.92 Å². The summed E-state index contributed by atoms with van der Waals surface area (Å²) in [5, 5.41) is 3.12. The molecule has 0 bridgehead atoms. The zero-order valence-electron chi connectivity index (χ0n) is 17.4. The smallest absolute Gasteiger partial charge is 0.226 e. The van der Waals surface area contributed by atoms with Crippen LogP contribution in [0.4, 0.5) is 0 Å². The van der Waals surface area contributed by atoms with Gasteiger partial charge in [-0.3, -0.25) is 9.59 Å². The molecule has 5 nitrogen and oxygen atoms in total. The molecule has 2 aromatic rings. The topological polar surface area (TPSA) is 58.6 Å². The fourth-order valence-corrected chi connectivity index (χ4v) is 3.98. The van der Waals surface area contributed by atoms with Crippen molar-refractivity contribution in [2.24, 2.45) is 5.92 Å². The highest BCUT2D eigenvalue weighted by atomic mass is 16.5. The number of carbonyl (C=O) groups excluding carboxylic acids is 2. The van der Waals surface area contributed by atoms with Gasteiger partial charge >= 0.3 is 0 Å². The van der Waals surface area contributed by atoms with Crippen molar-refractivity contribution in [2.75, 3.05) is 13.7 Å². The van der Waals surface area contributed by atoms with Gasteiger partial charge in [0.05, 0.1) is 25.1 Å². The van der Waals surface area contributed by atoms with Gasteiger partial charge in [-0.2, -0.15) is 0 Å². The van der Waals surface area contributed by atoms with E-state index in [0.717, 1.165) is 29.7 Å². The molecule has 2 aromatic carbocycles. The number of methoxy groups -OCH3 is 1. The third-order valence-electron chi connectivity index (χ3n) is 5.64. The fraction of sp³-hybridized carbons (Fsp3) is 0.417. The minimum Gasteiger partial charge on any atom is -0.497 e. The van der Waals surface area contributed by atoms with Crippen LogP contribution in [0.25, 0.3) is 0 Å². The Hall–Kier alpha value is -2.82. The number of rotatable bonds is 8. The Kier molecular flexibility index (Phi) is 6.91. The van der Waals surface area contributed by atoms with E-state index in [-0.39, 0.29) is 30.3 Å². The van der Waals surface area contributed by atoms with Crippen molar-refractivity contribution in [1.82, 2.24) is 10.2 Å². The Labute approximate surface area is 173 Å². The van der Waals surface area contributed by atoms with E-state index in [1.807, 2.05) is 66.4 Å². The molecule has 1 heterocycles. The molecular weight excluding hydrogens is 364 g/mol. The molecule has 3 unspecified atom stereocenters. The van der Waals surface area contributed by atoms with Crippen molar-refractivity contribution in [3.05, 3.63) is 65.7 Å². The van der Waals surface area contributed by atoms with E-state index in [1.54, 1.807) is 7.11 Å². The maximum absolute atomic E-state index is 13.2. The lowest BCUT2D eigenvalue weighted by Crippen LogP contribution is -2.37. The van der Waals surface area contributed by atoms with Crippen LogP contribution in [-0.4, -0.2) is 30.4 Å². The number of nitrogens with zero attached hydrogens (tertiary/aromatic N) is 1. The van der Waals surface area contributed by atoms with Crippen LogP contribution >= 0.6 is 0 Å². The largest absolute Gasteiger partial charge is 0.497 e. The van der Waals surface area contributed by atoms with E-state index < -0.39 is 5.92 Å². The summed E-state index contributed by atoms with van der Waals surface area (Å²) in [5.41, 5.74) is 2.02. The predicted octanol–water partition coefficient (Wildman–Crippen LogP) is 4.26. The Bertz CT molecular complexity index is 820. The molecule has 0 spiro atoms. The van der Waals surface area contributed by atoms with Crippen molar-refractivity contribution in [1.29, 1.82) is 0 Å². The second kappa shape index (κ2) is 9.59. The molecule has 154 valence electrons. The van der Waals surface area contributed by atoms with E-state index >= 15 is 0 Å². The Balaban J connectivity index is 1.83. The molecule has 3 atom stereocenters. The van der Waals surface area contributed by atoms with Gasteiger partial charge in [0.25, 0.3) is 0 Å². The second-order valence-corrected chi connectivity index (χ2v) is 7.61. The standard InChI is InChI=1S/C24H30N2O3/c1-4-5-15-26-22(27)16-21(23(26)19-11-13-20(29-3)14-12-19)24(28)25-17(2)18-9-7-6-8-10-18/h6-14,17,21,23H,4-5,15-16H2,1-3H3,(H,25,28). The molecule has 3 rings (SSSR count). The zero-order valence-corrected chi connectivity index (χ0v) is 17.4. The van der Waals surface area contributed by atoms with E-state index in [9.17, 15) is 9.59 Å². The van der Waals surface area contributed by atoms with Gasteiger partial charge in [-0.15, -0.1) is 0 Å². The first-order chi connectivity index (χ1) is 14.0. The Morgan fingerprint density at radius 3 is 2.48 bits per heavy atom. The Morgan fingerprint density at radius 2 is 1.86 bits per heavy atom. The van der Waals surface area contributed by atoms with Gasteiger partial charge in [0.1, 0.15) is 5.75 Å². The highest BCUT2D eigenvalue weighted by Gasteiger charge is 2.44. The van der Waals surface area contributed by atoms with Crippen molar-refractivity contribution < 1.29 is 14.3 Å². The maximum Gasteiger partial charge on any atom is 0.226 e. The monoisotopic (exact) mass is 394 g/mol. The number of ether oxygens (including phenoxy) is 1. The lowest BCUT2D eigenvalue weighted by atomic mass is 9.92. The number of hydrogen-bond acceptors (Lipinski definition) is 3. The Morgan fingerprint density at radius 1 is 1.17 bits per heavy atom. The minimum absolute atomic E-state index is 0.0479. The number of amides is 2. The highest BCUT2D eigenvalue weighted by Crippen LogP contribution is 2.39. The average molecular weight is 395 g/mol. The van der Waals surface area contributed by atoms with E-state index in [0.29, 0.717) is 6.54 Å². The number of hydrogen-bond donors (Lipinski definition) is 1. The average Bonchev–Trinajstić information content (AvgIpc) is 3.09. The molecular formula is C24H30N2O3. The SMILES string of the molecule is CCCCN1C(=O)CC(C(=O)NC(C)c2ccccc2)C1c1ccc(OC)cc1. The van der Waals surface area contributed by atoms with Crippen LogP contribution in [0.15, 0.2) is 54.6 Å². The number of carbonyl (C=O) groups is 2. The normalized spacial score (nSPS) is 19.8. The van der Waals surface area contributed by atoms with Crippen molar-refractivity contribution >= 4 is 11.8 Å². The molecule has 0 saturated carbocycles. The fourth-order valence-electron chi connectivity index (χ4n) is 3.98. The first kappa shape index (κ1) is 20.9. The van der Waals surface area contributed by atoms with Crippen LogP contribution < -0.4 is 10.1 Å². The summed E-state index contributed by atoms with van der Waals surface area (Å²) in [5.74, 6) is 0.331. The van der Waals surface area contributed by atoms with Crippen molar-refractivity contribution in [2.45, 2.75) is 45.2 Å².